The molecule has 0 aliphatic heterocycles. The summed E-state index contributed by atoms with van der Waals surface area (Å²) in [5.41, 5.74) is -0.500. The number of para-hydroxylation sites is 1. The second kappa shape index (κ2) is 6.88. The van der Waals surface area contributed by atoms with Gasteiger partial charge in [-0.05, 0) is 12.1 Å². The van der Waals surface area contributed by atoms with Crippen LogP contribution in [0.2, 0.25) is 0 Å². The van der Waals surface area contributed by atoms with Crippen molar-refractivity contribution in [2.45, 2.75) is 13.8 Å². The molecule has 0 heterocycles. The molecule has 5 nitrogen and oxygen atoms in total. The van der Waals surface area contributed by atoms with Gasteiger partial charge in [0.2, 0.25) is 10.0 Å². The maximum Gasteiger partial charge on any atom is 0.209 e. The van der Waals surface area contributed by atoms with Crippen LogP contribution in [0.25, 0.3) is 0 Å². The highest BCUT2D eigenvalue weighted by atomic mass is 32.2. The van der Waals surface area contributed by atoms with E-state index in [0.717, 1.165) is 5.75 Å². The highest BCUT2D eigenvalue weighted by molar-refractivity contribution is 7.89. The van der Waals surface area contributed by atoms with E-state index < -0.39 is 15.4 Å². The summed E-state index contributed by atoms with van der Waals surface area (Å²) < 4.78 is 32.9. The summed E-state index contributed by atoms with van der Waals surface area (Å²) in [6.45, 7) is 4.75. The normalized spacial score (nSPS) is 12.4. The van der Waals surface area contributed by atoms with Crippen LogP contribution in [0.5, 0.6) is 5.75 Å². The summed E-state index contributed by atoms with van der Waals surface area (Å²) in [5.74, 6) is 0.689. The third-order valence-corrected chi connectivity index (χ3v) is 3.51. The minimum Gasteiger partial charge on any atom is -0.491 e. The second-order valence-corrected chi connectivity index (χ2v) is 6.80. The van der Waals surface area contributed by atoms with E-state index in [2.05, 4.69) is 0 Å². The van der Waals surface area contributed by atoms with E-state index in [-0.39, 0.29) is 5.75 Å². The van der Waals surface area contributed by atoms with Crippen LogP contribution < -0.4 is 9.88 Å². The number of benzene rings is 1. The Labute approximate surface area is 114 Å². The lowest BCUT2D eigenvalue weighted by atomic mass is 9.98. The monoisotopic (exact) mass is 287 g/mol. The molecule has 0 bridgehead atoms. The van der Waals surface area contributed by atoms with Crippen molar-refractivity contribution in [3.8, 4) is 5.75 Å². The van der Waals surface area contributed by atoms with Crippen LogP contribution >= 0.6 is 0 Å². The molecule has 0 atom stereocenters. The van der Waals surface area contributed by atoms with Crippen molar-refractivity contribution in [1.29, 1.82) is 0 Å². The summed E-state index contributed by atoms with van der Waals surface area (Å²) in [6, 6.07) is 9.44. The molecule has 0 radical (unpaired) electrons. The number of primary sulfonamides is 1. The van der Waals surface area contributed by atoms with E-state index in [0.29, 0.717) is 19.8 Å². The van der Waals surface area contributed by atoms with Crippen LogP contribution in [0, 0.1) is 5.41 Å². The Morgan fingerprint density at radius 1 is 1.16 bits per heavy atom. The van der Waals surface area contributed by atoms with Gasteiger partial charge in [-0.3, -0.25) is 0 Å². The first-order valence-corrected chi connectivity index (χ1v) is 7.76. The molecule has 0 spiro atoms. The minimum absolute atomic E-state index is 0.0977. The highest BCUT2D eigenvalue weighted by Crippen LogP contribution is 2.17. The molecule has 2 N–H and O–H groups in total. The van der Waals surface area contributed by atoms with Crippen LogP contribution in [-0.4, -0.2) is 34.0 Å². The first kappa shape index (κ1) is 15.9. The smallest absolute Gasteiger partial charge is 0.209 e. The predicted molar refractivity (Wildman–Crippen MR) is 74.5 cm³/mol. The maximum atomic E-state index is 11.0. The topological polar surface area (TPSA) is 78.6 Å². The number of hydrogen-bond donors (Lipinski definition) is 1. The Morgan fingerprint density at radius 3 is 2.37 bits per heavy atom. The zero-order valence-electron chi connectivity index (χ0n) is 11.3. The van der Waals surface area contributed by atoms with Gasteiger partial charge in [-0.2, -0.15) is 0 Å². The summed E-state index contributed by atoms with van der Waals surface area (Å²) in [4.78, 5) is 0. The Morgan fingerprint density at radius 2 is 1.79 bits per heavy atom. The lowest BCUT2D eigenvalue weighted by Gasteiger charge is -2.22. The summed E-state index contributed by atoms with van der Waals surface area (Å²) in [5, 5.41) is 5.02. The number of nitrogens with two attached hydrogens (primary N) is 1. The molecule has 0 unspecified atom stereocenters. The van der Waals surface area contributed by atoms with Gasteiger partial charge in [0.05, 0.1) is 19.0 Å². The first-order valence-electron chi connectivity index (χ1n) is 6.05. The van der Waals surface area contributed by atoms with E-state index >= 15 is 0 Å². The number of ether oxygens (including phenoxy) is 2. The molecule has 1 aromatic rings. The average molecular weight is 287 g/mol. The second-order valence-electron chi connectivity index (χ2n) is 5.19. The van der Waals surface area contributed by atoms with Crippen LogP contribution in [0.3, 0.4) is 0 Å². The Bertz CT molecular complexity index is 471. The van der Waals surface area contributed by atoms with Crippen molar-refractivity contribution in [1.82, 2.24) is 0 Å². The molecular weight excluding hydrogens is 266 g/mol. The minimum atomic E-state index is -3.48. The predicted octanol–water partition coefficient (Wildman–Crippen LogP) is 1.40. The average Bonchev–Trinajstić information content (AvgIpc) is 2.26. The summed E-state index contributed by atoms with van der Waals surface area (Å²) in [6.07, 6.45) is 0. The van der Waals surface area contributed by atoms with Crippen LogP contribution in [0.1, 0.15) is 13.8 Å². The zero-order chi connectivity index (χ0) is 14.4. The Balaban J connectivity index is 2.20. The molecule has 1 aromatic carbocycles. The molecule has 19 heavy (non-hydrogen) atoms. The fourth-order valence-corrected chi connectivity index (χ4v) is 2.84. The standard InChI is InChI=1S/C13H21NO4S/c1-13(2,11-19(14,15)16)10-17-8-9-18-12-6-4-3-5-7-12/h3-7H,8-11H2,1-2H3,(H2,14,15,16). The Kier molecular flexibility index (Phi) is 5.78. The molecule has 0 aliphatic carbocycles. The molecule has 0 fully saturated rings. The van der Waals surface area contributed by atoms with Gasteiger partial charge < -0.3 is 9.47 Å². The third-order valence-electron chi connectivity index (χ3n) is 2.32. The SMILES string of the molecule is CC(C)(COCCOc1ccccc1)CS(N)(=O)=O. The number of rotatable bonds is 8. The third kappa shape index (κ3) is 7.81. The highest BCUT2D eigenvalue weighted by Gasteiger charge is 2.24. The van der Waals surface area contributed by atoms with E-state index in [1.807, 2.05) is 30.3 Å². The molecule has 6 heteroatoms. The molecule has 108 valence electrons. The molecule has 0 saturated carbocycles. The van der Waals surface area contributed by atoms with Gasteiger partial charge in [-0.15, -0.1) is 0 Å². The largest absolute Gasteiger partial charge is 0.491 e. The van der Waals surface area contributed by atoms with Crippen LogP contribution in [0.15, 0.2) is 30.3 Å². The number of sulfonamides is 1. The molecule has 0 saturated heterocycles. The Hall–Kier alpha value is -1.11. The number of hydrogen-bond acceptors (Lipinski definition) is 4. The first-order chi connectivity index (χ1) is 8.79. The van der Waals surface area contributed by atoms with Gasteiger partial charge in [0.25, 0.3) is 0 Å². The van der Waals surface area contributed by atoms with Gasteiger partial charge in [0.1, 0.15) is 12.4 Å². The van der Waals surface area contributed by atoms with E-state index in [1.54, 1.807) is 13.8 Å². The quantitative estimate of drug-likeness (QED) is 0.733. The fourth-order valence-electron chi connectivity index (χ4n) is 1.67. The van der Waals surface area contributed by atoms with E-state index in [9.17, 15) is 8.42 Å². The summed E-state index contributed by atoms with van der Waals surface area (Å²) >= 11 is 0. The van der Waals surface area contributed by atoms with Crippen LogP contribution in [-0.2, 0) is 14.8 Å². The van der Waals surface area contributed by atoms with Crippen molar-refractivity contribution in [2.24, 2.45) is 10.6 Å². The maximum absolute atomic E-state index is 11.0. The van der Waals surface area contributed by atoms with Gasteiger partial charge in [-0.25, -0.2) is 13.6 Å². The molecule has 0 amide bonds. The lowest BCUT2D eigenvalue weighted by Crippen LogP contribution is -2.33. The lowest BCUT2D eigenvalue weighted by molar-refractivity contribution is 0.0525. The molecular formula is C13H21NO4S. The van der Waals surface area contributed by atoms with Crippen molar-refractivity contribution in [2.75, 3.05) is 25.6 Å². The van der Waals surface area contributed by atoms with E-state index in [1.165, 1.54) is 0 Å². The van der Waals surface area contributed by atoms with Gasteiger partial charge in [-0.1, -0.05) is 32.0 Å². The molecule has 0 aromatic heterocycles. The van der Waals surface area contributed by atoms with Crippen molar-refractivity contribution in [3.63, 3.8) is 0 Å². The zero-order valence-corrected chi connectivity index (χ0v) is 12.2. The molecule has 1 rings (SSSR count). The van der Waals surface area contributed by atoms with Crippen molar-refractivity contribution >= 4 is 10.0 Å². The van der Waals surface area contributed by atoms with Crippen LogP contribution in [0.4, 0.5) is 0 Å². The van der Waals surface area contributed by atoms with E-state index in [4.69, 9.17) is 14.6 Å². The van der Waals surface area contributed by atoms with Gasteiger partial charge in [0, 0.05) is 5.41 Å². The van der Waals surface area contributed by atoms with Gasteiger partial charge in [0.15, 0.2) is 0 Å². The van der Waals surface area contributed by atoms with Crippen molar-refractivity contribution < 1.29 is 17.9 Å². The fraction of sp³-hybridized carbons (Fsp3) is 0.538. The summed E-state index contributed by atoms with van der Waals surface area (Å²) in [7, 11) is -3.48. The van der Waals surface area contributed by atoms with Gasteiger partial charge >= 0.3 is 0 Å². The molecule has 0 aliphatic rings. The van der Waals surface area contributed by atoms with Crippen molar-refractivity contribution in [3.05, 3.63) is 30.3 Å².